The molecule has 1 aliphatic rings. The summed E-state index contributed by atoms with van der Waals surface area (Å²) in [6.07, 6.45) is 2.61. The van der Waals surface area contributed by atoms with Gasteiger partial charge >= 0.3 is 5.69 Å². The van der Waals surface area contributed by atoms with Gasteiger partial charge in [0.25, 0.3) is 0 Å². The SMILES string of the molecule is Cc1c(C2CC2CC#N)ncc([N+](=O)[O-])c1Cl. The molecule has 0 amide bonds. The van der Waals surface area contributed by atoms with Crippen LogP contribution in [0.2, 0.25) is 5.02 Å². The van der Waals surface area contributed by atoms with E-state index in [4.69, 9.17) is 16.9 Å². The Morgan fingerprint density at radius 3 is 3.06 bits per heavy atom. The molecule has 5 nitrogen and oxygen atoms in total. The summed E-state index contributed by atoms with van der Waals surface area (Å²) >= 11 is 5.94. The van der Waals surface area contributed by atoms with E-state index in [1.165, 1.54) is 6.20 Å². The molecular weight excluding hydrogens is 242 g/mol. The molecule has 1 saturated carbocycles. The fourth-order valence-corrected chi connectivity index (χ4v) is 2.23. The van der Waals surface area contributed by atoms with E-state index in [0.29, 0.717) is 17.9 Å². The molecule has 1 aliphatic carbocycles. The average molecular weight is 252 g/mol. The van der Waals surface area contributed by atoms with Crippen LogP contribution >= 0.6 is 11.6 Å². The van der Waals surface area contributed by atoms with Crippen LogP contribution in [0.1, 0.15) is 30.0 Å². The molecule has 0 aliphatic heterocycles. The van der Waals surface area contributed by atoms with Gasteiger partial charge in [-0.15, -0.1) is 0 Å². The molecule has 2 rings (SSSR count). The molecule has 88 valence electrons. The van der Waals surface area contributed by atoms with Crippen LogP contribution in [0.25, 0.3) is 0 Å². The number of rotatable bonds is 3. The number of hydrogen-bond acceptors (Lipinski definition) is 4. The van der Waals surface area contributed by atoms with E-state index in [9.17, 15) is 10.1 Å². The molecule has 0 saturated heterocycles. The highest BCUT2D eigenvalue weighted by Crippen LogP contribution is 2.50. The Hall–Kier alpha value is -1.67. The van der Waals surface area contributed by atoms with Crippen LogP contribution in [0.15, 0.2) is 6.20 Å². The van der Waals surface area contributed by atoms with Gasteiger partial charge in [0.15, 0.2) is 0 Å². The van der Waals surface area contributed by atoms with Crippen molar-refractivity contribution < 1.29 is 4.92 Å². The van der Waals surface area contributed by atoms with Gasteiger partial charge in [0, 0.05) is 18.0 Å². The highest BCUT2D eigenvalue weighted by atomic mass is 35.5. The van der Waals surface area contributed by atoms with Crippen molar-refractivity contribution in [1.82, 2.24) is 4.98 Å². The molecule has 0 spiro atoms. The third kappa shape index (κ3) is 2.08. The highest BCUT2D eigenvalue weighted by Gasteiger charge is 2.40. The Labute approximate surface area is 103 Å². The van der Waals surface area contributed by atoms with Crippen molar-refractivity contribution in [1.29, 1.82) is 5.26 Å². The maximum absolute atomic E-state index is 10.7. The summed E-state index contributed by atoms with van der Waals surface area (Å²) in [5.74, 6) is 0.552. The second-order valence-corrected chi connectivity index (χ2v) is 4.57. The molecule has 6 heteroatoms. The summed E-state index contributed by atoms with van der Waals surface area (Å²) in [6, 6.07) is 2.12. The van der Waals surface area contributed by atoms with Crippen LogP contribution in [0.3, 0.4) is 0 Å². The first-order valence-electron chi connectivity index (χ1n) is 5.22. The third-order valence-corrected chi connectivity index (χ3v) is 3.57. The predicted molar refractivity (Wildman–Crippen MR) is 61.7 cm³/mol. The molecule has 0 N–H and O–H groups in total. The van der Waals surface area contributed by atoms with E-state index in [-0.39, 0.29) is 16.6 Å². The number of nitrogens with zero attached hydrogens (tertiary/aromatic N) is 3. The first-order chi connectivity index (χ1) is 8.06. The van der Waals surface area contributed by atoms with E-state index in [0.717, 1.165) is 12.1 Å². The number of aromatic nitrogens is 1. The molecule has 2 atom stereocenters. The predicted octanol–water partition coefficient (Wildman–Crippen LogP) is 2.97. The summed E-state index contributed by atoms with van der Waals surface area (Å²) in [5, 5.41) is 19.4. The molecule has 1 heterocycles. The molecule has 1 aromatic rings. The quantitative estimate of drug-likeness (QED) is 0.611. The number of nitro groups is 1. The van der Waals surface area contributed by atoms with Gasteiger partial charge < -0.3 is 0 Å². The van der Waals surface area contributed by atoms with Gasteiger partial charge in [-0.2, -0.15) is 5.26 Å². The van der Waals surface area contributed by atoms with Crippen LogP contribution in [0, 0.1) is 34.3 Å². The van der Waals surface area contributed by atoms with Gasteiger partial charge in [-0.25, -0.2) is 0 Å². The summed E-state index contributed by atoms with van der Waals surface area (Å²) in [7, 11) is 0. The minimum Gasteiger partial charge on any atom is -0.258 e. The number of halogens is 1. The van der Waals surface area contributed by atoms with Gasteiger partial charge in [-0.05, 0) is 24.8 Å². The number of pyridine rings is 1. The Morgan fingerprint density at radius 2 is 2.47 bits per heavy atom. The average Bonchev–Trinajstić information content (AvgIpc) is 3.01. The zero-order chi connectivity index (χ0) is 12.6. The second-order valence-electron chi connectivity index (χ2n) is 4.19. The number of hydrogen-bond donors (Lipinski definition) is 0. The van der Waals surface area contributed by atoms with Gasteiger partial charge in [-0.3, -0.25) is 15.1 Å². The van der Waals surface area contributed by atoms with Crippen molar-refractivity contribution in [2.75, 3.05) is 0 Å². The topological polar surface area (TPSA) is 79.8 Å². The Morgan fingerprint density at radius 1 is 1.76 bits per heavy atom. The highest BCUT2D eigenvalue weighted by molar-refractivity contribution is 6.33. The lowest BCUT2D eigenvalue weighted by Crippen LogP contribution is -1.98. The largest absolute Gasteiger partial charge is 0.306 e. The zero-order valence-corrected chi connectivity index (χ0v) is 9.94. The monoisotopic (exact) mass is 251 g/mol. The Balaban J connectivity index is 2.30. The van der Waals surface area contributed by atoms with Gasteiger partial charge in [0.05, 0.1) is 11.0 Å². The van der Waals surface area contributed by atoms with Crippen molar-refractivity contribution in [3.63, 3.8) is 0 Å². The summed E-state index contributed by atoms with van der Waals surface area (Å²) in [6.45, 7) is 1.74. The first-order valence-corrected chi connectivity index (χ1v) is 5.60. The fraction of sp³-hybridized carbons (Fsp3) is 0.455. The normalized spacial score (nSPS) is 21.9. The van der Waals surface area contributed by atoms with Crippen LogP contribution < -0.4 is 0 Å². The maximum atomic E-state index is 10.7. The zero-order valence-electron chi connectivity index (χ0n) is 9.18. The van der Waals surface area contributed by atoms with Crippen molar-refractivity contribution in [2.45, 2.75) is 25.7 Å². The van der Waals surface area contributed by atoms with E-state index in [2.05, 4.69) is 11.1 Å². The van der Waals surface area contributed by atoms with Crippen LogP contribution in [-0.4, -0.2) is 9.91 Å². The third-order valence-electron chi connectivity index (χ3n) is 3.09. The van der Waals surface area contributed by atoms with Gasteiger partial charge in [0.2, 0.25) is 0 Å². The Bertz CT molecular complexity index is 524. The van der Waals surface area contributed by atoms with Crippen LogP contribution in [0.4, 0.5) is 5.69 Å². The molecular formula is C11H10ClN3O2. The van der Waals surface area contributed by atoms with Crippen LogP contribution in [0.5, 0.6) is 0 Å². The lowest BCUT2D eigenvalue weighted by atomic mass is 10.1. The lowest BCUT2D eigenvalue weighted by molar-refractivity contribution is -0.385. The Kier molecular flexibility index (Phi) is 2.99. The van der Waals surface area contributed by atoms with Crippen LogP contribution in [-0.2, 0) is 0 Å². The van der Waals surface area contributed by atoms with Crippen molar-refractivity contribution in [3.05, 3.63) is 32.6 Å². The molecule has 0 bridgehead atoms. The molecule has 0 radical (unpaired) electrons. The summed E-state index contributed by atoms with van der Waals surface area (Å²) in [5.41, 5.74) is 1.29. The van der Waals surface area contributed by atoms with E-state index >= 15 is 0 Å². The molecule has 17 heavy (non-hydrogen) atoms. The standard InChI is InChI=1S/C11H10ClN3O2/c1-6-10(12)9(15(16)17)5-14-11(6)8-4-7(8)2-3-13/h5,7-8H,2,4H2,1H3. The van der Waals surface area contributed by atoms with Crippen molar-refractivity contribution >= 4 is 17.3 Å². The van der Waals surface area contributed by atoms with E-state index in [1.807, 2.05) is 0 Å². The summed E-state index contributed by atoms with van der Waals surface area (Å²) < 4.78 is 0. The van der Waals surface area contributed by atoms with Gasteiger partial charge in [-0.1, -0.05) is 11.6 Å². The van der Waals surface area contributed by atoms with Crippen molar-refractivity contribution in [2.24, 2.45) is 5.92 Å². The second kappa shape index (κ2) is 4.30. The first kappa shape index (κ1) is 11.8. The fourth-order valence-electron chi connectivity index (χ4n) is 2.02. The van der Waals surface area contributed by atoms with E-state index < -0.39 is 4.92 Å². The minimum atomic E-state index is -0.536. The smallest absolute Gasteiger partial charge is 0.258 e. The van der Waals surface area contributed by atoms with Crippen molar-refractivity contribution in [3.8, 4) is 6.07 Å². The molecule has 1 fully saturated rings. The minimum absolute atomic E-state index is 0.155. The lowest BCUT2D eigenvalue weighted by Gasteiger charge is -2.05. The maximum Gasteiger partial charge on any atom is 0.306 e. The molecule has 2 unspecified atom stereocenters. The molecule has 1 aromatic heterocycles. The number of nitriles is 1. The van der Waals surface area contributed by atoms with Gasteiger partial charge in [0.1, 0.15) is 11.2 Å². The summed E-state index contributed by atoms with van der Waals surface area (Å²) in [4.78, 5) is 14.3. The molecule has 0 aromatic carbocycles. The van der Waals surface area contributed by atoms with E-state index in [1.54, 1.807) is 6.92 Å².